The molecule has 0 nitrogen and oxygen atoms in total. The number of hydrogen-bond donors (Lipinski definition) is 0. The highest BCUT2D eigenvalue weighted by molar-refractivity contribution is 4.79. The van der Waals surface area contributed by atoms with Crippen molar-refractivity contribution in [2.45, 2.75) is 79.6 Å². The summed E-state index contributed by atoms with van der Waals surface area (Å²) in [5.74, 6) is 2.98. The average molecular weight is 224 g/mol. The zero-order chi connectivity index (χ0) is 12.2. The van der Waals surface area contributed by atoms with E-state index < -0.39 is 0 Å². The van der Waals surface area contributed by atoms with Crippen molar-refractivity contribution in [3.05, 3.63) is 0 Å². The molecule has 0 aromatic carbocycles. The summed E-state index contributed by atoms with van der Waals surface area (Å²) >= 11 is 0. The molecule has 0 spiro atoms. The highest BCUT2D eigenvalue weighted by atomic mass is 14.3. The van der Waals surface area contributed by atoms with E-state index in [0.717, 1.165) is 17.8 Å². The van der Waals surface area contributed by atoms with Crippen molar-refractivity contribution in [3.63, 3.8) is 0 Å². The van der Waals surface area contributed by atoms with Crippen molar-refractivity contribution in [2.75, 3.05) is 0 Å². The second-order valence-corrected chi connectivity index (χ2v) is 6.71. The number of rotatable bonds is 5. The molecule has 1 saturated carbocycles. The van der Waals surface area contributed by atoms with Crippen molar-refractivity contribution in [1.82, 2.24) is 0 Å². The summed E-state index contributed by atoms with van der Waals surface area (Å²) in [7, 11) is 0. The molecule has 0 aromatic heterocycles. The third kappa shape index (κ3) is 3.79. The van der Waals surface area contributed by atoms with Gasteiger partial charge in [0.2, 0.25) is 0 Å². The molecule has 1 fully saturated rings. The molecule has 0 amide bonds. The predicted octanol–water partition coefficient (Wildman–Crippen LogP) is 5.67. The van der Waals surface area contributed by atoms with Gasteiger partial charge in [-0.05, 0) is 48.9 Å². The van der Waals surface area contributed by atoms with Gasteiger partial charge < -0.3 is 0 Å². The molecule has 0 aliphatic heterocycles. The molecule has 1 aliphatic rings. The molecule has 0 bridgehead atoms. The van der Waals surface area contributed by atoms with Crippen LogP contribution in [0.15, 0.2) is 0 Å². The van der Waals surface area contributed by atoms with Crippen molar-refractivity contribution in [2.24, 2.45) is 23.2 Å². The maximum absolute atomic E-state index is 2.48. The SMILES string of the molecule is CCC(C)(CC)CCC1CCC(C)CC1C. The van der Waals surface area contributed by atoms with Crippen LogP contribution in [0.25, 0.3) is 0 Å². The van der Waals surface area contributed by atoms with Crippen LogP contribution >= 0.6 is 0 Å². The molecule has 0 heteroatoms. The van der Waals surface area contributed by atoms with E-state index in [9.17, 15) is 0 Å². The molecular weight excluding hydrogens is 192 g/mol. The molecule has 16 heavy (non-hydrogen) atoms. The van der Waals surface area contributed by atoms with Gasteiger partial charge in [-0.25, -0.2) is 0 Å². The van der Waals surface area contributed by atoms with E-state index in [1.165, 1.54) is 44.9 Å². The van der Waals surface area contributed by atoms with E-state index in [1.54, 1.807) is 0 Å². The topological polar surface area (TPSA) is 0 Å². The van der Waals surface area contributed by atoms with E-state index in [-0.39, 0.29) is 0 Å². The summed E-state index contributed by atoms with van der Waals surface area (Å²) in [6.07, 6.45) is 10.1. The van der Waals surface area contributed by atoms with Gasteiger partial charge in [0.25, 0.3) is 0 Å². The Morgan fingerprint density at radius 2 is 1.69 bits per heavy atom. The van der Waals surface area contributed by atoms with Gasteiger partial charge in [-0.15, -0.1) is 0 Å². The fourth-order valence-corrected chi connectivity index (χ4v) is 3.29. The molecule has 0 aromatic rings. The van der Waals surface area contributed by atoms with Crippen LogP contribution < -0.4 is 0 Å². The Hall–Kier alpha value is 0. The summed E-state index contributed by atoms with van der Waals surface area (Å²) in [5.41, 5.74) is 0.614. The van der Waals surface area contributed by atoms with Crippen LogP contribution in [0.1, 0.15) is 79.6 Å². The fraction of sp³-hybridized carbons (Fsp3) is 1.00. The van der Waals surface area contributed by atoms with Gasteiger partial charge in [0, 0.05) is 0 Å². The van der Waals surface area contributed by atoms with Gasteiger partial charge in [-0.2, -0.15) is 0 Å². The molecule has 1 rings (SSSR count). The lowest BCUT2D eigenvalue weighted by atomic mass is 9.70. The van der Waals surface area contributed by atoms with E-state index in [2.05, 4.69) is 34.6 Å². The average Bonchev–Trinajstić information content (AvgIpc) is 2.27. The lowest BCUT2D eigenvalue weighted by Crippen LogP contribution is -2.24. The van der Waals surface area contributed by atoms with Crippen LogP contribution in [-0.4, -0.2) is 0 Å². The summed E-state index contributed by atoms with van der Waals surface area (Å²) < 4.78 is 0. The minimum absolute atomic E-state index is 0.614. The monoisotopic (exact) mass is 224 g/mol. The summed E-state index contributed by atoms with van der Waals surface area (Å²) in [6.45, 7) is 12.1. The van der Waals surface area contributed by atoms with Crippen LogP contribution in [0.4, 0.5) is 0 Å². The molecule has 96 valence electrons. The Balaban J connectivity index is 2.37. The lowest BCUT2D eigenvalue weighted by Gasteiger charge is -2.35. The second-order valence-electron chi connectivity index (χ2n) is 6.71. The van der Waals surface area contributed by atoms with E-state index in [4.69, 9.17) is 0 Å². The first-order valence-corrected chi connectivity index (χ1v) is 7.50. The summed E-state index contributed by atoms with van der Waals surface area (Å²) in [5, 5.41) is 0. The van der Waals surface area contributed by atoms with Crippen molar-refractivity contribution >= 4 is 0 Å². The maximum atomic E-state index is 2.48. The largest absolute Gasteiger partial charge is 0.0649 e. The zero-order valence-corrected chi connectivity index (χ0v) is 12.2. The summed E-state index contributed by atoms with van der Waals surface area (Å²) in [4.78, 5) is 0. The minimum Gasteiger partial charge on any atom is -0.0649 e. The van der Waals surface area contributed by atoms with Crippen LogP contribution in [-0.2, 0) is 0 Å². The molecule has 0 N–H and O–H groups in total. The molecule has 3 atom stereocenters. The highest BCUT2D eigenvalue weighted by Crippen LogP contribution is 2.40. The Morgan fingerprint density at radius 3 is 2.19 bits per heavy atom. The second kappa shape index (κ2) is 6.07. The van der Waals surface area contributed by atoms with Gasteiger partial charge >= 0.3 is 0 Å². The third-order valence-corrected chi connectivity index (χ3v) is 5.43. The summed E-state index contributed by atoms with van der Waals surface area (Å²) in [6, 6.07) is 0. The Bertz CT molecular complexity index is 190. The molecular formula is C16H32. The van der Waals surface area contributed by atoms with Gasteiger partial charge in [0.15, 0.2) is 0 Å². The lowest BCUT2D eigenvalue weighted by molar-refractivity contribution is 0.160. The molecule has 0 heterocycles. The molecule has 1 aliphatic carbocycles. The third-order valence-electron chi connectivity index (χ3n) is 5.43. The highest BCUT2D eigenvalue weighted by Gasteiger charge is 2.27. The first kappa shape index (κ1) is 14.1. The van der Waals surface area contributed by atoms with E-state index in [1.807, 2.05) is 0 Å². The van der Waals surface area contributed by atoms with Gasteiger partial charge in [-0.3, -0.25) is 0 Å². The first-order valence-electron chi connectivity index (χ1n) is 7.50. The van der Waals surface area contributed by atoms with Gasteiger partial charge in [-0.1, -0.05) is 53.9 Å². The normalized spacial score (nSPS) is 31.7. The first-order chi connectivity index (χ1) is 7.50. The Labute approximate surface area is 103 Å². The standard InChI is InChI=1S/C16H32/c1-6-16(5,7-2)11-10-15-9-8-13(3)12-14(15)4/h13-15H,6-12H2,1-5H3. The van der Waals surface area contributed by atoms with Crippen molar-refractivity contribution < 1.29 is 0 Å². The van der Waals surface area contributed by atoms with Gasteiger partial charge in [0.1, 0.15) is 0 Å². The van der Waals surface area contributed by atoms with Crippen molar-refractivity contribution in [3.8, 4) is 0 Å². The van der Waals surface area contributed by atoms with Crippen LogP contribution in [0.2, 0.25) is 0 Å². The Morgan fingerprint density at radius 1 is 1.06 bits per heavy atom. The fourth-order valence-electron chi connectivity index (χ4n) is 3.29. The maximum Gasteiger partial charge on any atom is -0.0331 e. The molecule has 3 unspecified atom stereocenters. The van der Waals surface area contributed by atoms with Crippen LogP contribution in [0, 0.1) is 23.2 Å². The molecule has 0 saturated heterocycles. The van der Waals surface area contributed by atoms with Crippen LogP contribution in [0.5, 0.6) is 0 Å². The Kier molecular flexibility index (Phi) is 5.34. The quantitative estimate of drug-likeness (QED) is 0.565. The smallest absolute Gasteiger partial charge is 0.0331 e. The minimum atomic E-state index is 0.614. The predicted molar refractivity (Wildman–Crippen MR) is 73.6 cm³/mol. The van der Waals surface area contributed by atoms with E-state index >= 15 is 0 Å². The van der Waals surface area contributed by atoms with Gasteiger partial charge in [0.05, 0.1) is 0 Å². The van der Waals surface area contributed by atoms with Crippen LogP contribution in [0.3, 0.4) is 0 Å². The number of hydrogen-bond acceptors (Lipinski definition) is 0. The zero-order valence-electron chi connectivity index (χ0n) is 12.2. The molecule has 0 radical (unpaired) electrons. The van der Waals surface area contributed by atoms with E-state index in [0.29, 0.717) is 5.41 Å². The van der Waals surface area contributed by atoms with Crippen molar-refractivity contribution in [1.29, 1.82) is 0 Å².